The molecule has 0 aliphatic heterocycles. The van der Waals surface area contributed by atoms with Crippen LogP contribution in [-0.2, 0) is 0 Å². The Bertz CT molecular complexity index is 827. The van der Waals surface area contributed by atoms with E-state index in [0.717, 1.165) is 36.4 Å². The Kier molecular flexibility index (Phi) is 5.88. The molecule has 0 aliphatic carbocycles. The summed E-state index contributed by atoms with van der Waals surface area (Å²) in [6.45, 7) is 3.12. The Balaban J connectivity index is 1.59. The quantitative estimate of drug-likeness (QED) is 0.540. The molecule has 0 fully saturated rings. The predicted molar refractivity (Wildman–Crippen MR) is 106 cm³/mol. The van der Waals surface area contributed by atoms with Crippen molar-refractivity contribution in [3.05, 3.63) is 67.1 Å². The maximum absolute atomic E-state index is 12.3. The van der Waals surface area contributed by atoms with Crippen LogP contribution in [0, 0.1) is 0 Å². The summed E-state index contributed by atoms with van der Waals surface area (Å²) in [6.07, 6.45) is 5.58. The molecule has 26 heavy (non-hydrogen) atoms. The number of rotatable bonds is 7. The van der Waals surface area contributed by atoms with Crippen LogP contribution in [0.3, 0.4) is 0 Å². The van der Waals surface area contributed by atoms with E-state index in [9.17, 15) is 4.79 Å². The molecule has 3 rings (SSSR count). The summed E-state index contributed by atoms with van der Waals surface area (Å²) in [7, 11) is 0. The first-order chi connectivity index (χ1) is 12.8. The number of imidazole rings is 1. The molecule has 3 N–H and O–H groups in total. The number of urea groups is 1. The maximum atomic E-state index is 12.3. The Morgan fingerprint density at radius 1 is 1.00 bits per heavy atom. The summed E-state index contributed by atoms with van der Waals surface area (Å²) >= 11 is 0. The Morgan fingerprint density at radius 3 is 2.46 bits per heavy atom. The summed E-state index contributed by atoms with van der Waals surface area (Å²) in [4.78, 5) is 16.4. The van der Waals surface area contributed by atoms with Crippen LogP contribution in [0.2, 0.25) is 0 Å². The van der Waals surface area contributed by atoms with E-state index in [-0.39, 0.29) is 6.03 Å². The molecule has 0 spiro atoms. The first kappa shape index (κ1) is 17.5. The molecule has 0 atom stereocenters. The highest BCUT2D eigenvalue weighted by atomic mass is 16.2. The van der Waals surface area contributed by atoms with Crippen molar-refractivity contribution < 1.29 is 4.79 Å². The number of amides is 2. The Labute approximate surface area is 153 Å². The second kappa shape index (κ2) is 8.71. The number of carbonyl (C=O) groups excluding carboxylic acids is 1. The van der Waals surface area contributed by atoms with E-state index < -0.39 is 0 Å². The van der Waals surface area contributed by atoms with Crippen molar-refractivity contribution >= 4 is 23.2 Å². The smallest absolute Gasteiger partial charge is 0.324 e. The van der Waals surface area contributed by atoms with Gasteiger partial charge in [0.05, 0.1) is 6.20 Å². The van der Waals surface area contributed by atoms with Gasteiger partial charge in [-0.2, -0.15) is 0 Å². The predicted octanol–water partition coefficient (Wildman–Crippen LogP) is 4.73. The van der Waals surface area contributed by atoms with Crippen LogP contribution >= 0.6 is 0 Å². The highest BCUT2D eigenvalue weighted by molar-refractivity contribution is 5.99. The number of carbonyl (C=O) groups is 1. The van der Waals surface area contributed by atoms with E-state index in [4.69, 9.17) is 0 Å². The minimum absolute atomic E-state index is 0.311. The first-order valence-corrected chi connectivity index (χ1v) is 8.76. The van der Waals surface area contributed by atoms with Crippen LogP contribution in [0.1, 0.15) is 19.8 Å². The summed E-state index contributed by atoms with van der Waals surface area (Å²) in [5.74, 6) is 0.603. The zero-order valence-corrected chi connectivity index (χ0v) is 14.8. The molecule has 0 saturated carbocycles. The van der Waals surface area contributed by atoms with Gasteiger partial charge in [0, 0.05) is 23.6 Å². The zero-order valence-electron chi connectivity index (χ0n) is 14.8. The number of unbranched alkanes of at least 4 members (excludes halogenated alkanes) is 1. The van der Waals surface area contributed by atoms with Gasteiger partial charge in [0.25, 0.3) is 0 Å². The van der Waals surface area contributed by atoms with Crippen LogP contribution in [0.4, 0.5) is 22.0 Å². The number of aromatic nitrogens is 2. The number of nitrogens with one attached hydrogen (secondary N) is 3. The second-order valence-electron chi connectivity index (χ2n) is 5.92. The number of hydrogen-bond acceptors (Lipinski definition) is 3. The number of hydrogen-bond donors (Lipinski definition) is 3. The van der Waals surface area contributed by atoms with E-state index in [1.54, 1.807) is 12.5 Å². The van der Waals surface area contributed by atoms with Crippen molar-refractivity contribution in [1.82, 2.24) is 9.55 Å². The average molecular weight is 349 g/mol. The van der Waals surface area contributed by atoms with E-state index in [0.29, 0.717) is 5.82 Å². The summed E-state index contributed by atoms with van der Waals surface area (Å²) in [5, 5.41) is 9.01. The van der Waals surface area contributed by atoms with Crippen molar-refractivity contribution in [1.29, 1.82) is 0 Å². The lowest BCUT2D eigenvalue weighted by Crippen LogP contribution is -2.21. The lowest BCUT2D eigenvalue weighted by molar-refractivity contribution is 0.262. The lowest BCUT2D eigenvalue weighted by Gasteiger charge is -2.11. The molecule has 2 aromatic carbocycles. The summed E-state index contributed by atoms with van der Waals surface area (Å²) < 4.78 is 1.82. The zero-order chi connectivity index (χ0) is 18.2. The van der Waals surface area contributed by atoms with Gasteiger partial charge in [0.15, 0.2) is 0 Å². The van der Waals surface area contributed by atoms with E-state index in [1.807, 2.05) is 59.2 Å². The molecule has 0 unspecified atom stereocenters. The van der Waals surface area contributed by atoms with Crippen LogP contribution in [-0.4, -0.2) is 22.1 Å². The fourth-order valence-electron chi connectivity index (χ4n) is 2.54. The molecule has 134 valence electrons. The van der Waals surface area contributed by atoms with Crippen molar-refractivity contribution in [3.63, 3.8) is 0 Å². The monoisotopic (exact) mass is 349 g/mol. The third-order valence-corrected chi connectivity index (χ3v) is 3.92. The molecular formula is C20H23N5O. The highest BCUT2D eigenvalue weighted by Crippen LogP contribution is 2.17. The SMILES string of the molecule is CCCCNc1ccc(NC(=O)Nc2cncn2-c2ccccc2)cc1. The molecule has 1 heterocycles. The number of benzene rings is 2. The molecule has 6 heteroatoms. The average Bonchev–Trinajstić information content (AvgIpc) is 3.12. The van der Waals surface area contributed by atoms with Crippen molar-refractivity contribution in [3.8, 4) is 5.69 Å². The minimum atomic E-state index is -0.311. The summed E-state index contributed by atoms with van der Waals surface area (Å²) in [6, 6.07) is 17.1. The molecule has 1 aromatic heterocycles. The largest absolute Gasteiger partial charge is 0.385 e. The normalized spacial score (nSPS) is 10.3. The van der Waals surface area contributed by atoms with Crippen LogP contribution in [0.25, 0.3) is 5.69 Å². The number of nitrogens with zero attached hydrogens (tertiary/aromatic N) is 2. The third-order valence-electron chi connectivity index (χ3n) is 3.92. The lowest BCUT2D eigenvalue weighted by atomic mass is 10.2. The van der Waals surface area contributed by atoms with Crippen LogP contribution in [0.5, 0.6) is 0 Å². The minimum Gasteiger partial charge on any atom is -0.385 e. The molecule has 0 saturated heterocycles. The number of para-hydroxylation sites is 1. The fraction of sp³-hybridized carbons (Fsp3) is 0.200. The van der Waals surface area contributed by atoms with Gasteiger partial charge < -0.3 is 10.6 Å². The molecule has 0 radical (unpaired) electrons. The van der Waals surface area contributed by atoms with Gasteiger partial charge >= 0.3 is 6.03 Å². The second-order valence-corrected chi connectivity index (χ2v) is 5.92. The first-order valence-electron chi connectivity index (χ1n) is 8.76. The topological polar surface area (TPSA) is 71.0 Å². The van der Waals surface area contributed by atoms with Gasteiger partial charge in [0.2, 0.25) is 0 Å². The van der Waals surface area contributed by atoms with Gasteiger partial charge in [-0.15, -0.1) is 0 Å². The van der Waals surface area contributed by atoms with E-state index >= 15 is 0 Å². The van der Waals surface area contributed by atoms with Gasteiger partial charge in [-0.25, -0.2) is 9.78 Å². The van der Waals surface area contributed by atoms with Crippen LogP contribution in [0.15, 0.2) is 67.1 Å². The van der Waals surface area contributed by atoms with Crippen molar-refractivity contribution in [2.24, 2.45) is 0 Å². The van der Waals surface area contributed by atoms with Crippen molar-refractivity contribution in [2.75, 3.05) is 22.5 Å². The molecule has 6 nitrogen and oxygen atoms in total. The fourth-order valence-corrected chi connectivity index (χ4v) is 2.54. The summed E-state index contributed by atoms with van der Waals surface area (Å²) in [5.41, 5.74) is 2.71. The molecule has 0 bridgehead atoms. The molecule has 0 aliphatic rings. The highest BCUT2D eigenvalue weighted by Gasteiger charge is 2.08. The van der Waals surface area contributed by atoms with Crippen LogP contribution < -0.4 is 16.0 Å². The Morgan fingerprint density at radius 2 is 1.73 bits per heavy atom. The third kappa shape index (κ3) is 4.63. The van der Waals surface area contributed by atoms with Gasteiger partial charge in [0.1, 0.15) is 12.1 Å². The molecule has 2 amide bonds. The van der Waals surface area contributed by atoms with Gasteiger partial charge in [-0.05, 0) is 42.8 Å². The molecular weight excluding hydrogens is 326 g/mol. The van der Waals surface area contributed by atoms with E-state index in [2.05, 4.69) is 27.9 Å². The Hall–Kier alpha value is -3.28. The number of anilines is 3. The van der Waals surface area contributed by atoms with E-state index in [1.165, 1.54) is 0 Å². The standard InChI is InChI=1S/C20H23N5O/c1-2-3-13-22-16-9-11-17(12-10-16)23-20(26)24-19-14-21-15-25(19)18-7-5-4-6-8-18/h4-12,14-15,22H,2-3,13H2,1H3,(H2,23,24,26). The van der Waals surface area contributed by atoms with Gasteiger partial charge in [-0.1, -0.05) is 31.5 Å². The molecule has 3 aromatic rings. The maximum Gasteiger partial charge on any atom is 0.324 e. The van der Waals surface area contributed by atoms with Crippen molar-refractivity contribution in [2.45, 2.75) is 19.8 Å². The van der Waals surface area contributed by atoms with Gasteiger partial charge in [-0.3, -0.25) is 9.88 Å².